The first-order chi connectivity index (χ1) is 6.22. The van der Waals surface area contributed by atoms with Crippen molar-refractivity contribution in [2.75, 3.05) is 13.2 Å². The molecule has 0 spiro atoms. The first kappa shape index (κ1) is 10.7. The summed E-state index contributed by atoms with van der Waals surface area (Å²) in [4.78, 5) is 0. The first-order valence-electron chi connectivity index (χ1n) is 5.14. The normalized spacial score (nSPS) is 28.3. The Morgan fingerprint density at radius 3 is 2.77 bits per heavy atom. The monoisotopic (exact) mass is 184 g/mol. The van der Waals surface area contributed by atoms with Gasteiger partial charge in [0.1, 0.15) is 0 Å². The highest BCUT2D eigenvalue weighted by molar-refractivity contribution is 5.08. The molecule has 1 rings (SSSR count). The minimum Gasteiger partial charge on any atom is -0.393 e. The van der Waals surface area contributed by atoms with Gasteiger partial charge in [0.25, 0.3) is 0 Å². The van der Waals surface area contributed by atoms with Crippen molar-refractivity contribution in [2.24, 2.45) is 0 Å². The Morgan fingerprint density at radius 2 is 2.31 bits per heavy atom. The van der Waals surface area contributed by atoms with E-state index in [0.717, 1.165) is 24.8 Å². The highest BCUT2D eigenvalue weighted by Crippen LogP contribution is 2.32. The molecule has 1 atom stereocenters. The van der Waals surface area contributed by atoms with Crippen LogP contribution in [-0.2, 0) is 4.74 Å². The smallest absolute Gasteiger partial charge is 0.0954 e. The van der Waals surface area contributed by atoms with E-state index in [4.69, 9.17) is 4.74 Å². The lowest BCUT2D eigenvalue weighted by atomic mass is 9.92. The van der Waals surface area contributed by atoms with Crippen molar-refractivity contribution in [1.82, 2.24) is 0 Å². The summed E-state index contributed by atoms with van der Waals surface area (Å²) in [5.41, 5.74) is 0.831. The van der Waals surface area contributed by atoms with E-state index in [9.17, 15) is 5.11 Å². The van der Waals surface area contributed by atoms with Gasteiger partial charge in [0, 0.05) is 6.42 Å². The van der Waals surface area contributed by atoms with Gasteiger partial charge in [0.05, 0.1) is 18.8 Å². The minimum absolute atomic E-state index is 0.135. The van der Waals surface area contributed by atoms with Crippen LogP contribution in [-0.4, -0.2) is 23.9 Å². The van der Waals surface area contributed by atoms with E-state index in [1.165, 1.54) is 12.8 Å². The second kappa shape index (κ2) is 4.77. The van der Waals surface area contributed by atoms with E-state index in [0.29, 0.717) is 6.61 Å². The number of aliphatic hydroxyl groups excluding tert-OH is 1. The number of rotatable bonds is 5. The third-order valence-corrected chi connectivity index (χ3v) is 2.68. The molecule has 0 aliphatic carbocycles. The fraction of sp³-hybridized carbons (Fsp3) is 0.818. The largest absolute Gasteiger partial charge is 0.393 e. The highest BCUT2D eigenvalue weighted by Gasteiger charge is 2.35. The molecule has 0 amide bonds. The van der Waals surface area contributed by atoms with Gasteiger partial charge in [0.2, 0.25) is 0 Å². The van der Waals surface area contributed by atoms with Crippen LogP contribution in [0.25, 0.3) is 0 Å². The molecule has 1 heterocycles. The summed E-state index contributed by atoms with van der Waals surface area (Å²) in [7, 11) is 0. The lowest BCUT2D eigenvalue weighted by Crippen LogP contribution is -2.32. The van der Waals surface area contributed by atoms with Crippen molar-refractivity contribution in [3.05, 3.63) is 12.2 Å². The standard InChI is InChI=1S/C11H20O2/c1-3-4-5-6-11(9-12)7-10(2)8-13-11/h12H,2-9H2,1H3/t11-/m0/s1. The van der Waals surface area contributed by atoms with E-state index in [1.54, 1.807) is 0 Å². The SMILES string of the molecule is C=C1CO[C@@](CO)(CCCCC)C1. The molecule has 0 radical (unpaired) electrons. The van der Waals surface area contributed by atoms with Crippen molar-refractivity contribution < 1.29 is 9.84 Å². The minimum atomic E-state index is -0.285. The van der Waals surface area contributed by atoms with E-state index in [-0.39, 0.29) is 12.2 Å². The maximum Gasteiger partial charge on any atom is 0.0954 e. The van der Waals surface area contributed by atoms with Crippen LogP contribution >= 0.6 is 0 Å². The van der Waals surface area contributed by atoms with Crippen LogP contribution in [0.2, 0.25) is 0 Å². The van der Waals surface area contributed by atoms with E-state index >= 15 is 0 Å². The summed E-state index contributed by atoms with van der Waals surface area (Å²) in [5, 5.41) is 9.27. The molecule has 13 heavy (non-hydrogen) atoms. The zero-order chi connectivity index (χ0) is 9.73. The topological polar surface area (TPSA) is 29.5 Å². The molecule has 2 heteroatoms. The zero-order valence-corrected chi connectivity index (χ0v) is 8.51. The number of hydrogen-bond acceptors (Lipinski definition) is 2. The molecular weight excluding hydrogens is 164 g/mol. The summed E-state index contributed by atoms with van der Waals surface area (Å²) < 4.78 is 5.60. The third-order valence-electron chi connectivity index (χ3n) is 2.68. The highest BCUT2D eigenvalue weighted by atomic mass is 16.5. The Hall–Kier alpha value is -0.340. The Balaban J connectivity index is 2.37. The molecule has 1 fully saturated rings. The van der Waals surface area contributed by atoms with E-state index in [2.05, 4.69) is 13.5 Å². The van der Waals surface area contributed by atoms with Crippen LogP contribution in [0.5, 0.6) is 0 Å². The molecule has 1 N–H and O–H groups in total. The lowest BCUT2D eigenvalue weighted by Gasteiger charge is -2.25. The van der Waals surface area contributed by atoms with Gasteiger partial charge < -0.3 is 9.84 Å². The quantitative estimate of drug-likeness (QED) is 0.524. The van der Waals surface area contributed by atoms with Crippen molar-refractivity contribution in [1.29, 1.82) is 0 Å². The van der Waals surface area contributed by atoms with Crippen LogP contribution in [0.4, 0.5) is 0 Å². The third kappa shape index (κ3) is 2.82. The molecule has 0 aromatic heterocycles. The number of unbranched alkanes of at least 4 members (excludes halogenated alkanes) is 2. The van der Waals surface area contributed by atoms with Gasteiger partial charge in [-0.1, -0.05) is 32.8 Å². The molecule has 0 saturated carbocycles. The molecule has 0 aromatic carbocycles. The summed E-state index contributed by atoms with van der Waals surface area (Å²) in [5.74, 6) is 0. The first-order valence-corrected chi connectivity index (χ1v) is 5.14. The van der Waals surface area contributed by atoms with Gasteiger partial charge in [-0.3, -0.25) is 0 Å². The predicted molar refractivity (Wildman–Crippen MR) is 53.7 cm³/mol. The average Bonchev–Trinajstić information content (AvgIpc) is 2.49. The molecule has 0 unspecified atom stereocenters. The lowest BCUT2D eigenvalue weighted by molar-refractivity contribution is -0.0451. The van der Waals surface area contributed by atoms with Crippen LogP contribution in [0, 0.1) is 0 Å². The number of hydrogen-bond donors (Lipinski definition) is 1. The molecule has 0 aromatic rings. The van der Waals surface area contributed by atoms with Crippen LogP contribution in [0.1, 0.15) is 39.0 Å². The maximum absolute atomic E-state index is 9.27. The molecular formula is C11H20O2. The van der Waals surface area contributed by atoms with Crippen molar-refractivity contribution in [2.45, 2.75) is 44.6 Å². The molecule has 1 aliphatic rings. The van der Waals surface area contributed by atoms with Gasteiger partial charge in [-0.15, -0.1) is 0 Å². The second-order valence-corrected chi connectivity index (χ2v) is 4.01. The fourth-order valence-corrected chi connectivity index (χ4v) is 1.85. The molecule has 1 aliphatic heterocycles. The Kier molecular flexibility index (Phi) is 3.94. The van der Waals surface area contributed by atoms with Crippen LogP contribution in [0.15, 0.2) is 12.2 Å². The average molecular weight is 184 g/mol. The Bertz CT molecular complexity index is 177. The van der Waals surface area contributed by atoms with Crippen molar-refractivity contribution in [3.8, 4) is 0 Å². The van der Waals surface area contributed by atoms with E-state index < -0.39 is 0 Å². The predicted octanol–water partition coefficient (Wildman–Crippen LogP) is 2.27. The fourth-order valence-electron chi connectivity index (χ4n) is 1.85. The van der Waals surface area contributed by atoms with Gasteiger partial charge in [-0.2, -0.15) is 0 Å². The maximum atomic E-state index is 9.27. The van der Waals surface area contributed by atoms with Crippen LogP contribution in [0.3, 0.4) is 0 Å². The summed E-state index contributed by atoms with van der Waals surface area (Å²) in [6.45, 7) is 6.84. The summed E-state index contributed by atoms with van der Waals surface area (Å²) in [6, 6.07) is 0. The Labute approximate surface area is 80.6 Å². The molecule has 2 nitrogen and oxygen atoms in total. The molecule has 0 bridgehead atoms. The summed E-state index contributed by atoms with van der Waals surface area (Å²) in [6.07, 6.45) is 5.38. The van der Waals surface area contributed by atoms with Gasteiger partial charge in [-0.25, -0.2) is 0 Å². The van der Waals surface area contributed by atoms with Gasteiger partial charge >= 0.3 is 0 Å². The Morgan fingerprint density at radius 1 is 1.54 bits per heavy atom. The van der Waals surface area contributed by atoms with Gasteiger partial charge in [-0.05, 0) is 12.0 Å². The van der Waals surface area contributed by atoms with Crippen LogP contribution < -0.4 is 0 Å². The summed E-state index contributed by atoms with van der Waals surface area (Å²) >= 11 is 0. The molecule has 76 valence electrons. The van der Waals surface area contributed by atoms with Crippen molar-refractivity contribution in [3.63, 3.8) is 0 Å². The number of aliphatic hydroxyl groups is 1. The molecule has 1 saturated heterocycles. The second-order valence-electron chi connectivity index (χ2n) is 4.01. The van der Waals surface area contributed by atoms with Crippen molar-refractivity contribution >= 4 is 0 Å². The zero-order valence-electron chi connectivity index (χ0n) is 8.51. The number of ether oxygens (including phenoxy) is 1. The van der Waals surface area contributed by atoms with Gasteiger partial charge in [0.15, 0.2) is 0 Å². The van der Waals surface area contributed by atoms with E-state index in [1.807, 2.05) is 0 Å².